The third-order valence-electron chi connectivity index (χ3n) is 12.0. The van der Waals surface area contributed by atoms with Gasteiger partial charge >= 0.3 is 0 Å². The lowest BCUT2D eigenvalue weighted by Crippen LogP contribution is -2.06. The van der Waals surface area contributed by atoms with Crippen LogP contribution in [0, 0.1) is 0 Å². The van der Waals surface area contributed by atoms with E-state index in [9.17, 15) is 0 Å². The first-order valence-electron chi connectivity index (χ1n) is 19.2. The molecule has 0 unspecified atom stereocenters. The van der Waals surface area contributed by atoms with Crippen LogP contribution in [0.15, 0.2) is 164 Å². The van der Waals surface area contributed by atoms with Crippen LogP contribution in [0.5, 0.6) is 0 Å². The van der Waals surface area contributed by atoms with Crippen LogP contribution >= 0.6 is 11.3 Å². The lowest BCUT2D eigenvalue weighted by Gasteiger charge is -2.26. The quantitative estimate of drug-likeness (QED) is 0.161. The number of hydrogen-bond donors (Lipinski definition) is 0. The van der Waals surface area contributed by atoms with Crippen molar-refractivity contribution in [3.05, 3.63) is 169 Å². The third kappa shape index (κ3) is 4.80. The minimum atomic E-state index is 0.623. The summed E-state index contributed by atoms with van der Waals surface area (Å²) in [7, 11) is 0. The molecule has 1 saturated carbocycles. The molecule has 10 aromatic rings. The van der Waals surface area contributed by atoms with Crippen LogP contribution < -0.4 is 0 Å². The Morgan fingerprint density at radius 2 is 0.868 bits per heavy atom. The number of thiophene rings is 1. The lowest BCUT2D eigenvalue weighted by molar-refractivity contribution is 0.447. The Balaban J connectivity index is 1.16. The fourth-order valence-electron chi connectivity index (χ4n) is 9.83. The molecule has 9 aromatic carbocycles. The van der Waals surface area contributed by atoms with Crippen molar-refractivity contribution >= 4 is 74.6 Å². The summed E-state index contributed by atoms with van der Waals surface area (Å²) in [5, 5.41) is 13.5. The molecule has 0 amide bonds. The molecule has 0 spiro atoms. The van der Waals surface area contributed by atoms with Crippen LogP contribution in [0.2, 0.25) is 0 Å². The van der Waals surface area contributed by atoms with Gasteiger partial charge in [-0.1, -0.05) is 171 Å². The normalized spacial score (nSPS) is 14.0. The van der Waals surface area contributed by atoms with Gasteiger partial charge in [-0.2, -0.15) is 0 Å². The van der Waals surface area contributed by atoms with E-state index >= 15 is 0 Å². The summed E-state index contributed by atoms with van der Waals surface area (Å²) in [4.78, 5) is 0. The molecule has 0 aliphatic heterocycles. The fourth-order valence-corrected chi connectivity index (χ4v) is 11.0. The van der Waals surface area contributed by atoms with Crippen molar-refractivity contribution in [2.75, 3.05) is 0 Å². The predicted octanol–water partition coefficient (Wildman–Crippen LogP) is 15.7. The average molecular weight is 695 g/mol. The SMILES string of the molecule is c1ccc(-c2c3ccccc3c(-c3ccc4c(c3)sc3cccc(-c5c6ccccc6c(C6CCCCC6)c6ccccc56)c34)c3ccccc23)cc1. The zero-order valence-corrected chi connectivity index (χ0v) is 30.4. The fraction of sp³-hybridized carbons (Fsp3) is 0.115. The summed E-state index contributed by atoms with van der Waals surface area (Å²) in [5.74, 6) is 0.623. The van der Waals surface area contributed by atoms with Crippen molar-refractivity contribution in [1.29, 1.82) is 0 Å². The Kier molecular flexibility index (Phi) is 7.23. The van der Waals surface area contributed by atoms with Gasteiger partial charge in [0.15, 0.2) is 0 Å². The molecular formula is C52H38S. The van der Waals surface area contributed by atoms with E-state index < -0.39 is 0 Å². The van der Waals surface area contributed by atoms with E-state index in [1.807, 2.05) is 11.3 Å². The van der Waals surface area contributed by atoms with Crippen LogP contribution in [-0.2, 0) is 0 Å². The van der Waals surface area contributed by atoms with Gasteiger partial charge in [0.1, 0.15) is 0 Å². The van der Waals surface area contributed by atoms with Crippen molar-refractivity contribution in [3.8, 4) is 33.4 Å². The van der Waals surface area contributed by atoms with Crippen molar-refractivity contribution in [2.45, 2.75) is 38.0 Å². The van der Waals surface area contributed by atoms with Crippen molar-refractivity contribution in [2.24, 2.45) is 0 Å². The maximum absolute atomic E-state index is 2.46. The molecule has 53 heavy (non-hydrogen) atoms. The molecule has 252 valence electrons. The summed E-state index contributed by atoms with van der Waals surface area (Å²) in [6.45, 7) is 0. The molecule has 0 bridgehead atoms. The van der Waals surface area contributed by atoms with Gasteiger partial charge in [-0.3, -0.25) is 0 Å². The van der Waals surface area contributed by atoms with Gasteiger partial charge in [-0.05, 0) is 113 Å². The first kappa shape index (κ1) is 30.8. The zero-order valence-electron chi connectivity index (χ0n) is 29.6. The smallest absolute Gasteiger partial charge is 0.0361 e. The van der Waals surface area contributed by atoms with Crippen LogP contribution in [0.1, 0.15) is 43.6 Å². The maximum atomic E-state index is 2.46. The van der Waals surface area contributed by atoms with Gasteiger partial charge in [0.25, 0.3) is 0 Å². The molecular weight excluding hydrogens is 657 g/mol. The molecule has 0 saturated heterocycles. The number of rotatable bonds is 4. The second-order valence-corrected chi connectivity index (χ2v) is 16.0. The van der Waals surface area contributed by atoms with E-state index in [1.165, 1.54) is 129 Å². The molecule has 1 heteroatoms. The molecule has 1 fully saturated rings. The Bertz CT molecular complexity index is 2920. The molecule has 1 heterocycles. The molecule has 1 aliphatic rings. The van der Waals surface area contributed by atoms with E-state index in [4.69, 9.17) is 0 Å². The summed E-state index contributed by atoms with van der Waals surface area (Å²) in [5.41, 5.74) is 9.43. The first-order valence-corrected chi connectivity index (χ1v) is 20.0. The summed E-state index contributed by atoms with van der Waals surface area (Å²) in [6, 6.07) is 61.6. The van der Waals surface area contributed by atoms with E-state index in [0.29, 0.717) is 5.92 Å². The lowest BCUT2D eigenvalue weighted by atomic mass is 9.77. The number of fused-ring (bicyclic) bond motifs is 7. The minimum Gasteiger partial charge on any atom is -0.135 e. The van der Waals surface area contributed by atoms with Crippen LogP contribution in [-0.4, -0.2) is 0 Å². The summed E-state index contributed by atoms with van der Waals surface area (Å²) in [6.07, 6.45) is 6.62. The van der Waals surface area contributed by atoms with Gasteiger partial charge < -0.3 is 0 Å². The predicted molar refractivity (Wildman–Crippen MR) is 231 cm³/mol. The highest BCUT2D eigenvalue weighted by Crippen LogP contribution is 2.50. The highest BCUT2D eigenvalue weighted by molar-refractivity contribution is 7.26. The summed E-state index contributed by atoms with van der Waals surface area (Å²) >= 11 is 1.93. The highest BCUT2D eigenvalue weighted by atomic mass is 32.1. The second-order valence-electron chi connectivity index (χ2n) is 14.9. The average Bonchev–Trinajstić information content (AvgIpc) is 3.61. The Hall–Kier alpha value is -5.76. The van der Waals surface area contributed by atoms with Gasteiger partial charge in [-0.15, -0.1) is 11.3 Å². The molecule has 0 nitrogen and oxygen atoms in total. The topological polar surface area (TPSA) is 0 Å². The van der Waals surface area contributed by atoms with Gasteiger partial charge in [0.2, 0.25) is 0 Å². The van der Waals surface area contributed by atoms with Gasteiger partial charge in [-0.25, -0.2) is 0 Å². The summed E-state index contributed by atoms with van der Waals surface area (Å²) < 4.78 is 2.67. The minimum absolute atomic E-state index is 0.623. The van der Waals surface area contributed by atoms with Crippen LogP contribution in [0.25, 0.3) is 96.6 Å². The number of benzene rings is 9. The zero-order chi connectivity index (χ0) is 34.9. The van der Waals surface area contributed by atoms with E-state index in [0.717, 1.165) is 0 Å². The van der Waals surface area contributed by atoms with E-state index in [-0.39, 0.29) is 0 Å². The Morgan fingerprint density at radius 3 is 1.45 bits per heavy atom. The van der Waals surface area contributed by atoms with Gasteiger partial charge in [0, 0.05) is 20.2 Å². The maximum Gasteiger partial charge on any atom is 0.0361 e. The molecule has 1 aliphatic carbocycles. The monoisotopic (exact) mass is 694 g/mol. The second kappa shape index (κ2) is 12.4. The Labute approximate surface area is 314 Å². The number of hydrogen-bond acceptors (Lipinski definition) is 1. The van der Waals surface area contributed by atoms with E-state index in [1.54, 1.807) is 5.56 Å². The molecule has 0 radical (unpaired) electrons. The Morgan fingerprint density at radius 1 is 0.358 bits per heavy atom. The van der Waals surface area contributed by atoms with Crippen molar-refractivity contribution < 1.29 is 0 Å². The molecule has 0 N–H and O–H groups in total. The molecule has 0 atom stereocenters. The first-order chi connectivity index (χ1) is 26.3. The van der Waals surface area contributed by atoms with E-state index in [2.05, 4.69) is 164 Å². The highest BCUT2D eigenvalue weighted by Gasteiger charge is 2.24. The largest absolute Gasteiger partial charge is 0.135 e. The molecule has 1 aromatic heterocycles. The molecule has 11 rings (SSSR count). The van der Waals surface area contributed by atoms with Crippen LogP contribution in [0.4, 0.5) is 0 Å². The third-order valence-corrected chi connectivity index (χ3v) is 13.2. The van der Waals surface area contributed by atoms with Gasteiger partial charge in [0.05, 0.1) is 0 Å². The van der Waals surface area contributed by atoms with Crippen LogP contribution in [0.3, 0.4) is 0 Å². The van der Waals surface area contributed by atoms with Crippen molar-refractivity contribution in [3.63, 3.8) is 0 Å². The van der Waals surface area contributed by atoms with Crippen molar-refractivity contribution in [1.82, 2.24) is 0 Å². The standard InChI is InChI=1S/C52H38S/c1-3-16-33(17-4-1)48-36-20-7-9-22-38(36)50(39-23-10-8-21-37(39)48)35-30-31-44-47(32-35)53-46-29-15-28-45(52(44)46)51-42-26-13-11-24-40(42)49(34-18-5-2-6-19-34)41-25-12-14-27-43(41)51/h1,3-4,7-17,20-32,34H,2,5-6,18-19H2.